The second-order valence-electron chi connectivity index (χ2n) is 9.35. The molecular formula is C23H37N3O2. The topological polar surface area (TPSA) is 61.4 Å². The molecule has 2 amide bonds. The number of carbonyl (C=O) groups is 2. The molecule has 0 saturated carbocycles. The lowest BCUT2D eigenvalue weighted by Gasteiger charge is -2.35. The van der Waals surface area contributed by atoms with E-state index in [2.05, 4.69) is 31.4 Å². The largest absolute Gasteiger partial charge is 0.341 e. The first-order valence-electron chi connectivity index (χ1n) is 10.5. The Kier molecular flexibility index (Phi) is 7.64. The summed E-state index contributed by atoms with van der Waals surface area (Å²) in [5.74, 6) is 0.526. The van der Waals surface area contributed by atoms with Crippen molar-refractivity contribution in [3.05, 3.63) is 35.4 Å². The number of hydrogen-bond donors (Lipinski definition) is 2. The van der Waals surface area contributed by atoms with E-state index < -0.39 is 6.04 Å². The van der Waals surface area contributed by atoms with Crippen LogP contribution in [0.2, 0.25) is 0 Å². The fourth-order valence-electron chi connectivity index (χ4n) is 3.70. The Morgan fingerprint density at radius 1 is 1.11 bits per heavy atom. The Morgan fingerprint density at radius 3 is 2.14 bits per heavy atom. The number of amides is 2. The van der Waals surface area contributed by atoms with Gasteiger partial charge in [0.05, 0.1) is 0 Å². The fourth-order valence-corrected chi connectivity index (χ4v) is 3.70. The van der Waals surface area contributed by atoms with Gasteiger partial charge in [-0.25, -0.2) is 0 Å². The number of hydrogen-bond acceptors (Lipinski definition) is 3. The van der Waals surface area contributed by atoms with Crippen molar-refractivity contribution in [3.63, 3.8) is 0 Å². The molecule has 0 bridgehead atoms. The Labute approximate surface area is 170 Å². The smallest absolute Gasteiger partial charge is 0.251 e. The van der Waals surface area contributed by atoms with E-state index in [1.54, 1.807) is 0 Å². The van der Waals surface area contributed by atoms with E-state index in [0.29, 0.717) is 11.5 Å². The molecule has 1 aromatic rings. The first-order chi connectivity index (χ1) is 13.1. The lowest BCUT2D eigenvalue weighted by molar-refractivity contribution is -0.135. The molecule has 1 unspecified atom stereocenters. The van der Waals surface area contributed by atoms with Gasteiger partial charge < -0.3 is 15.5 Å². The van der Waals surface area contributed by atoms with Crippen molar-refractivity contribution < 1.29 is 9.59 Å². The van der Waals surface area contributed by atoms with E-state index in [0.717, 1.165) is 32.5 Å². The highest BCUT2D eigenvalue weighted by Crippen LogP contribution is 2.22. The zero-order chi connectivity index (χ0) is 20.9. The summed E-state index contributed by atoms with van der Waals surface area (Å²) in [7, 11) is 1.97. The van der Waals surface area contributed by atoms with Gasteiger partial charge in [-0.15, -0.1) is 0 Å². The van der Waals surface area contributed by atoms with E-state index in [9.17, 15) is 9.59 Å². The molecule has 5 heteroatoms. The molecule has 0 aromatic heterocycles. The molecule has 5 nitrogen and oxygen atoms in total. The van der Waals surface area contributed by atoms with Gasteiger partial charge in [0.2, 0.25) is 5.91 Å². The highest BCUT2D eigenvalue weighted by molar-refractivity contribution is 5.97. The molecule has 1 aliphatic rings. The maximum atomic E-state index is 13.1. The van der Waals surface area contributed by atoms with Crippen LogP contribution in [0.1, 0.15) is 63.4 Å². The minimum absolute atomic E-state index is 0.0394. The zero-order valence-electron chi connectivity index (χ0n) is 18.3. The number of carbonyl (C=O) groups excluding carboxylic acids is 2. The molecule has 2 rings (SSSR count). The van der Waals surface area contributed by atoms with Gasteiger partial charge in [-0.3, -0.25) is 9.59 Å². The van der Waals surface area contributed by atoms with Crippen molar-refractivity contribution in [3.8, 4) is 0 Å². The summed E-state index contributed by atoms with van der Waals surface area (Å²) in [5, 5.41) is 6.20. The SMILES string of the molecule is CNCC1CCN(C(=O)C(NC(=O)c2ccc(C(C)(C)C)cc2)C(C)C)CC1. The number of nitrogens with zero attached hydrogens (tertiary/aromatic N) is 1. The molecule has 0 aliphatic carbocycles. The number of piperidine rings is 1. The molecule has 156 valence electrons. The van der Waals surface area contributed by atoms with Crippen LogP contribution in [0.15, 0.2) is 24.3 Å². The average Bonchev–Trinajstić information content (AvgIpc) is 2.65. The third kappa shape index (κ3) is 5.81. The number of nitrogens with one attached hydrogen (secondary N) is 2. The summed E-state index contributed by atoms with van der Waals surface area (Å²) in [5.41, 5.74) is 1.83. The molecule has 28 heavy (non-hydrogen) atoms. The van der Waals surface area contributed by atoms with Crippen LogP contribution in [-0.4, -0.2) is 49.4 Å². The predicted molar refractivity (Wildman–Crippen MR) is 114 cm³/mol. The Balaban J connectivity index is 2.02. The van der Waals surface area contributed by atoms with Crippen molar-refractivity contribution in [1.82, 2.24) is 15.5 Å². The van der Waals surface area contributed by atoms with Gasteiger partial charge in [-0.2, -0.15) is 0 Å². The van der Waals surface area contributed by atoms with Crippen LogP contribution in [-0.2, 0) is 10.2 Å². The molecular weight excluding hydrogens is 350 g/mol. The van der Waals surface area contributed by atoms with Gasteiger partial charge in [0.1, 0.15) is 6.04 Å². The Bertz CT molecular complexity index is 653. The minimum Gasteiger partial charge on any atom is -0.341 e. The van der Waals surface area contributed by atoms with Crippen molar-refractivity contribution in [2.45, 2.75) is 58.9 Å². The van der Waals surface area contributed by atoms with E-state index in [4.69, 9.17) is 0 Å². The first-order valence-corrected chi connectivity index (χ1v) is 10.5. The molecule has 2 N–H and O–H groups in total. The van der Waals surface area contributed by atoms with Gasteiger partial charge >= 0.3 is 0 Å². The molecule has 1 saturated heterocycles. The van der Waals surface area contributed by atoms with Crippen LogP contribution in [0, 0.1) is 11.8 Å². The van der Waals surface area contributed by atoms with E-state index in [1.807, 2.05) is 50.1 Å². The first kappa shape index (κ1) is 22.4. The lowest BCUT2D eigenvalue weighted by Crippen LogP contribution is -2.53. The number of rotatable bonds is 6. The third-order valence-electron chi connectivity index (χ3n) is 5.65. The summed E-state index contributed by atoms with van der Waals surface area (Å²) in [6.45, 7) is 12.9. The van der Waals surface area contributed by atoms with Crippen molar-refractivity contribution in [2.75, 3.05) is 26.7 Å². The lowest BCUT2D eigenvalue weighted by atomic mass is 9.86. The van der Waals surface area contributed by atoms with Crippen LogP contribution < -0.4 is 10.6 Å². The van der Waals surface area contributed by atoms with E-state index >= 15 is 0 Å². The molecule has 1 aromatic carbocycles. The van der Waals surface area contributed by atoms with Crippen LogP contribution in [0.4, 0.5) is 0 Å². The van der Waals surface area contributed by atoms with Gasteiger partial charge in [-0.05, 0) is 61.4 Å². The summed E-state index contributed by atoms with van der Waals surface area (Å²) >= 11 is 0. The van der Waals surface area contributed by atoms with Gasteiger partial charge in [0.15, 0.2) is 0 Å². The molecule has 1 aliphatic heterocycles. The summed E-state index contributed by atoms with van der Waals surface area (Å²) in [4.78, 5) is 27.7. The van der Waals surface area contributed by atoms with Crippen LogP contribution >= 0.6 is 0 Å². The summed E-state index contributed by atoms with van der Waals surface area (Å²) < 4.78 is 0. The standard InChI is InChI=1S/C23H37N3O2/c1-16(2)20(22(28)26-13-11-17(12-14-26)15-24-6)25-21(27)18-7-9-19(10-8-18)23(3,4)5/h7-10,16-17,20,24H,11-15H2,1-6H3,(H,25,27). The zero-order valence-corrected chi connectivity index (χ0v) is 18.3. The third-order valence-corrected chi connectivity index (χ3v) is 5.65. The molecule has 0 spiro atoms. The second kappa shape index (κ2) is 9.55. The fraction of sp³-hybridized carbons (Fsp3) is 0.652. The maximum absolute atomic E-state index is 13.1. The Hall–Kier alpha value is -1.88. The molecule has 0 radical (unpaired) electrons. The summed E-state index contributed by atoms with van der Waals surface area (Å²) in [6, 6.07) is 7.19. The van der Waals surface area contributed by atoms with Crippen molar-refractivity contribution >= 4 is 11.8 Å². The highest BCUT2D eigenvalue weighted by Gasteiger charge is 2.31. The monoisotopic (exact) mass is 387 g/mol. The molecule has 1 heterocycles. The van der Waals surface area contributed by atoms with Crippen LogP contribution in [0.25, 0.3) is 0 Å². The van der Waals surface area contributed by atoms with Gasteiger partial charge in [-0.1, -0.05) is 46.8 Å². The highest BCUT2D eigenvalue weighted by atomic mass is 16.2. The number of benzene rings is 1. The number of likely N-dealkylation sites (tertiary alicyclic amines) is 1. The molecule has 1 fully saturated rings. The summed E-state index contributed by atoms with van der Waals surface area (Å²) in [6.07, 6.45) is 2.03. The normalized spacial score (nSPS) is 16.9. The molecule has 1 atom stereocenters. The minimum atomic E-state index is -0.490. The quantitative estimate of drug-likeness (QED) is 0.788. The van der Waals surface area contributed by atoms with Gasteiger partial charge in [0, 0.05) is 18.7 Å². The average molecular weight is 388 g/mol. The predicted octanol–water partition coefficient (Wildman–Crippen LogP) is 3.20. The Morgan fingerprint density at radius 2 is 1.68 bits per heavy atom. The van der Waals surface area contributed by atoms with Crippen molar-refractivity contribution in [2.24, 2.45) is 11.8 Å². The van der Waals surface area contributed by atoms with Crippen molar-refractivity contribution in [1.29, 1.82) is 0 Å². The van der Waals surface area contributed by atoms with Crippen LogP contribution in [0.3, 0.4) is 0 Å². The van der Waals surface area contributed by atoms with Gasteiger partial charge in [0.25, 0.3) is 5.91 Å². The van der Waals surface area contributed by atoms with Crippen LogP contribution in [0.5, 0.6) is 0 Å². The van der Waals surface area contributed by atoms with E-state index in [-0.39, 0.29) is 23.1 Å². The van der Waals surface area contributed by atoms with E-state index in [1.165, 1.54) is 5.56 Å². The maximum Gasteiger partial charge on any atom is 0.251 e. The second-order valence-corrected chi connectivity index (χ2v) is 9.35.